The molecule has 0 saturated heterocycles. The molecule has 0 aliphatic heterocycles. The first-order valence-electron chi connectivity index (χ1n) is 5.83. The fraction of sp³-hybridized carbons (Fsp3) is 0.250. The van der Waals surface area contributed by atoms with Crippen molar-refractivity contribution in [3.05, 3.63) is 34.0 Å². The Morgan fingerprint density at radius 1 is 1.42 bits per heavy atom. The van der Waals surface area contributed by atoms with Crippen molar-refractivity contribution in [2.24, 2.45) is 7.05 Å². The zero-order valence-electron chi connectivity index (χ0n) is 10.3. The highest BCUT2D eigenvalue weighted by Crippen LogP contribution is 2.28. The summed E-state index contributed by atoms with van der Waals surface area (Å²) < 4.78 is 3.91. The topological polar surface area (TPSA) is 55.6 Å². The zero-order chi connectivity index (χ0) is 13.2. The Morgan fingerprint density at radius 2 is 2.32 bits per heavy atom. The van der Waals surface area contributed by atoms with Crippen LogP contribution >= 0.6 is 27.3 Å². The highest BCUT2D eigenvalue weighted by molar-refractivity contribution is 9.10. The van der Waals surface area contributed by atoms with Crippen LogP contribution in [0.15, 0.2) is 28.4 Å². The summed E-state index contributed by atoms with van der Waals surface area (Å²) in [4.78, 5) is 8.79. The number of thiophene rings is 1. The molecular formula is C12H12BrN5S. The number of nitrogens with one attached hydrogen (secondary N) is 1. The SMILES string of the molecule is Cn1cc(CCNc2ncc3scc(Br)c3n2)cn1. The number of halogens is 1. The van der Waals surface area contributed by atoms with E-state index in [2.05, 4.69) is 36.3 Å². The van der Waals surface area contributed by atoms with Gasteiger partial charge in [-0.3, -0.25) is 4.68 Å². The van der Waals surface area contributed by atoms with Crippen LogP contribution in [0, 0.1) is 0 Å². The molecule has 3 heterocycles. The molecule has 0 radical (unpaired) electrons. The van der Waals surface area contributed by atoms with Crippen molar-refractivity contribution in [2.45, 2.75) is 6.42 Å². The van der Waals surface area contributed by atoms with Crippen LogP contribution in [0.5, 0.6) is 0 Å². The second-order valence-electron chi connectivity index (χ2n) is 4.19. The second-order valence-corrected chi connectivity index (χ2v) is 5.95. The van der Waals surface area contributed by atoms with Gasteiger partial charge in [0.2, 0.25) is 5.95 Å². The van der Waals surface area contributed by atoms with Crippen molar-refractivity contribution in [2.75, 3.05) is 11.9 Å². The van der Waals surface area contributed by atoms with Gasteiger partial charge in [-0.25, -0.2) is 9.97 Å². The summed E-state index contributed by atoms with van der Waals surface area (Å²) in [5.41, 5.74) is 2.16. The lowest BCUT2D eigenvalue weighted by Crippen LogP contribution is -2.07. The van der Waals surface area contributed by atoms with E-state index in [-0.39, 0.29) is 0 Å². The van der Waals surface area contributed by atoms with E-state index in [0.29, 0.717) is 5.95 Å². The summed E-state index contributed by atoms with van der Waals surface area (Å²) in [6.45, 7) is 0.791. The highest BCUT2D eigenvalue weighted by atomic mass is 79.9. The molecule has 0 aromatic carbocycles. The molecule has 19 heavy (non-hydrogen) atoms. The lowest BCUT2D eigenvalue weighted by atomic mass is 10.2. The van der Waals surface area contributed by atoms with Gasteiger partial charge in [-0.2, -0.15) is 5.10 Å². The van der Waals surface area contributed by atoms with Gasteiger partial charge in [-0.05, 0) is 27.9 Å². The largest absolute Gasteiger partial charge is 0.354 e. The zero-order valence-corrected chi connectivity index (χ0v) is 12.7. The molecule has 3 aromatic heterocycles. The summed E-state index contributed by atoms with van der Waals surface area (Å²) in [5.74, 6) is 0.662. The van der Waals surface area contributed by atoms with Crippen molar-refractivity contribution in [3.63, 3.8) is 0 Å². The minimum atomic E-state index is 0.662. The van der Waals surface area contributed by atoms with Crippen molar-refractivity contribution >= 4 is 43.4 Å². The van der Waals surface area contributed by atoms with Gasteiger partial charge in [0.25, 0.3) is 0 Å². The maximum atomic E-state index is 4.49. The molecule has 7 heteroatoms. The molecule has 0 aliphatic rings. The summed E-state index contributed by atoms with van der Waals surface area (Å²) >= 11 is 5.13. The molecule has 0 amide bonds. The lowest BCUT2D eigenvalue weighted by Gasteiger charge is -2.03. The number of hydrogen-bond acceptors (Lipinski definition) is 5. The molecule has 5 nitrogen and oxygen atoms in total. The Kier molecular flexibility index (Phi) is 3.48. The maximum absolute atomic E-state index is 4.49. The summed E-state index contributed by atoms with van der Waals surface area (Å²) in [7, 11) is 1.92. The van der Waals surface area contributed by atoms with Gasteiger partial charge in [-0.1, -0.05) is 0 Å². The van der Waals surface area contributed by atoms with Crippen LogP contribution in [0.3, 0.4) is 0 Å². The van der Waals surface area contributed by atoms with Gasteiger partial charge in [0.1, 0.15) is 5.52 Å². The molecular weight excluding hydrogens is 326 g/mol. The third kappa shape index (κ3) is 2.76. The van der Waals surface area contributed by atoms with Crippen LogP contribution in [-0.4, -0.2) is 26.3 Å². The van der Waals surface area contributed by atoms with Gasteiger partial charge in [0.15, 0.2) is 0 Å². The number of nitrogens with zero attached hydrogens (tertiary/aromatic N) is 4. The van der Waals surface area contributed by atoms with Crippen LogP contribution in [-0.2, 0) is 13.5 Å². The van der Waals surface area contributed by atoms with Gasteiger partial charge in [0.05, 0.1) is 21.6 Å². The van der Waals surface area contributed by atoms with Gasteiger partial charge < -0.3 is 5.32 Å². The highest BCUT2D eigenvalue weighted by Gasteiger charge is 2.05. The van der Waals surface area contributed by atoms with Crippen LogP contribution in [0.2, 0.25) is 0 Å². The fourth-order valence-corrected chi connectivity index (χ4v) is 3.24. The second kappa shape index (κ2) is 5.26. The Bertz CT molecular complexity index is 705. The van der Waals surface area contributed by atoms with E-state index in [4.69, 9.17) is 0 Å². The van der Waals surface area contributed by atoms with E-state index in [1.54, 1.807) is 16.0 Å². The minimum absolute atomic E-state index is 0.662. The van der Waals surface area contributed by atoms with Crippen LogP contribution in [0.4, 0.5) is 5.95 Å². The molecule has 0 fully saturated rings. The number of hydrogen-bond donors (Lipinski definition) is 1. The van der Waals surface area contributed by atoms with Crippen molar-refractivity contribution < 1.29 is 0 Å². The van der Waals surface area contributed by atoms with Gasteiger partial charge in [-0.15, -0.1) is 11.3 Å². The van der Waals surface area contributed by atoms with E-state index in [1.807, 2.05) is 31.0 Å². The Labute approximate surface area is 122 Å². The Morgan fingerprint density at radius 3 is 3.11 bits per heavy atom. The Hall–Kier alpha value is -1.47. The number of anilines is 1. The standard InChI is InChI=1S/C12H12BrN5S/c1-18-6-8(4-16-18)2-3-14-12-15-5-10-11(17-12)9(13)7-19-10/h4-7H,2-3H2,1H3,(H,14,15,17). The quantitative estimate of drug-likeness (QED) is 0.795. The minimum Gasteiger partial charge on any atom is -0.354 e. The summed E-state index contributed by atoms with van der Waals surface area (Å²) in [5, 5.41) is 9.40. The van der Waals surface area contributed by atoms with Gasteiger partial charge >= 0.3 is 0 Å². The van der Waals surface area contributed by atoms with E-state index >= 15 is 0 Å². The van der Waals surface area contributed by atoms with Crippen LogP contribution < -0.4 is 5.32 Å². The maximum Gasteiger partial charge on any atom is 0.223 e. The molecule has 0 bridgehead atoms. The normalized spacial score (nSPS) is 11.1. The summed E-state index contributed by atoms with van der Waals surface area (Å²) in [6, 6.07) is 0. The lowest BCUT2D eigenvalue weighted by molar-refractivity contribution is 0.766. The molecule has 0 unspecified atom stereocenters. The van der Waals surface area contributed by atoms with Crippen molar-refractivity contribution in [3.8, 4) is 0 Å². The molecule has 1 N–H and O–H groups in total. The number of fused-ring (bicyclic) bond motifs is 1. The first-order valence-corrected chi connectivity index (χ1v) is 7.51. The number of aryl methyl sites for hydroxylation is 1. The van der Waals surface area contributed by atoms with Crippen molar-refractivity contribution in [1.29, 1.82) is 0 Å². The molecule has 3 rings (SSSR count). The molecule has 0 atom stereocenters. The van der Waals surface area contributed by atoms with Crippen LogP contribution in [0.25, 0.3) is 10.2 Å². The third-order valence-corrected chi connectivity index (χ3v) is 4.54. The van der Waals surface area contributed by atoms with E-state index in [1.165, 1.54) is 5.56 Å². The summed E-state index contributed by atoms with van der Waals surface area (Å²) in [6.07, 6.45) is 6.65. The third-order valence-electron chi connectivity index (χ3n) is 2.73. The predicted molar refractivity (Wildman–Crippen MR) is 80.5 cm³/mol. The van der Waals surface area contributed by atoms with Gasteiger partial charge in [0, 0.05) is 25.2 Å². The number of rotatable bonds is 4. The van der Waals surface area contributed by atoms with E-state index in [0.717, 1.165) is 27.7 Å². The van der Waals surface area contributed by atoms with E-state index in [9.17, 15) is 0 Å². The van der Waals surface area contributed by atoms with Crippen molar-refractivity contribution in [1.82, 2.24) is 19.7 Å². The average Bonchev–Trinajstić information content (AvgIpc) is 2.97. The Balaban J connectivity index is 1.66. The first kappa shape index (κ1) is 12.6. The number of aromatic nitrogens is 4. The molecule has 0 saturated carbocycles. The van der Waals surface area contributed by atoms with E-state index < -0.39 is 0 Å². The molecule has 0 aliphatic carbocycles. The molecule has 98 valence electrons. The molecule has 3 aromatic rings. The monoisotopic (exact) mass is 337 g/mol. The van der Waals surface area contributed by atoms with Crippen LogP contribution in [0.1, 0.15) is 5.56 Å². The first-order chi connectivity index (χ1) is 9.22. The fourth-order valence-electron chi connectivity index (χ4n) is 1.80. The molecule has 0 spiro atoms. The smallest absolute Gasteiger partial charge is 0.223 e. The predicted octanol–water partition coefficient (Wildman–Crippen LogP) is 2.84. The average molecular weight is 338 g/mol.